The van der Waals surface area contributed by atoms with Crippen molar-refractivity contribution in [1.29, 1.82) is 0 Å². The molecule has 4 aliphatic rings. The van der Waals surface area contributed by atoms with Gasteiger partial charge < -0.3 is 19.5 Å². The zero-order valence-electron chi connectivity index (χ0n) is 36.0. The van der Waals surface area contributed by atoms with Crippen molar-refractivity contribution >= 4 is 17.7 Å². The Labute approximate surface area is 336 Å². The summed E-state index contributed by atoms with van der Waals surface area (Å²) in [7, 11) is 0. The molecule has 0 aliphatic heterocycles. The van der Waals surface area contributed by atoms with E-state index in [0.29, 0.717) is 42.9 Å². The quantitative estimate of drug-likeness (QED) is 0.0481. The van der Waals surface area contributed by atoms with E-state index in [1.165, 1.54) is 56.9 Å². The molecule has 4 aliphatic carbocycles. The van der Waals surface area contributed by atoms with E-state index in [-0.39, 0.29) is 41.6 Å². The first kappa shape index (κ1) is 46.0. The Morgan fingerprint density at radius 1 is 0.745 bits per heavy atom. The van der Waals surface area contributed by atoms with Gasteiger partial charge in [-0.15, -0.1) is 0 Å². The summed E-state index contributed by atoms with van der Waals surface area (Å²) >= 11 is 0. The summed E-state index contributed by atoms with van der Waals surface area (Å²) in [5.74, 6) is 2.25. The molecule has 7 heteroatoms. The summed E-state index contributed by atoms with van der Waals surface area (Å²) in [4.78, 5) is 40.7. The first-order valence-corrected chi connectivity index (χ1v) is 23.6. The molecule has 1 N–H and O–H groups in total. The number of nitrogens with zero attached hydrogens (tertiary/aromatic N) is 1. The third-order valence-electron chi connectivity index (χ3n) is 14.7. The van der Waals surface area contributed by atoms with Crippen LogP contribution in [0.15, 0.2) is 11.6 Å². The van der Waals surface area contributed by atoms with Gasteiger partial charge in [0, 0.05) is 37.6 Å². The van der Waals surface area contributed by atoms with Crippen LogP contribution >= 0.6 is 0 Å². The molecular weight excluding hydrogens is 687 g/mol. The normalized spacial score (nSPS) is 27.5. The average Bonchev–Trinajstić information content (AvgIpc) is 3.47. The Bertz CT molecular complexity index is 1170. The minimum absolute atomic E-state index is 0.00531. The van der Waals surface area contributed by atoms with E-state index >= 15 is 0 Å². The minimum atomic E-state index is -0.0883. The van der Waals surface area contributed by atoms with Gasteiger partial charge >= 0.3 is 11.9 Å². The molecule has 6 atom stereocenters. The molecular formula is C48H83NO6. The van der Waals surface area contributed by atoms with Gasteiger partial charge in [0.15, 0.2) is 0 Å². The summed E-state index contributed by atoms with van der Waals surface area (Å²) in [6.07, 6.45) is 31.7. The van der Waals surface area contributed by atoms with Crippen LogP contribution in [0.2, 0.25) is 0 Å². The summed E-state index contributed by atoms with van der Waals surface area (Å²) in [5.41, 5.74) is 1.61. The van der Waals surface area contributed by atoms with Crippen LogP contribution in [-0.4, -0.2) is 66.2 Å². The standard InChI is InChI=1S/C48H83NO6/c1-5-7-9-11-15-21-39(22-16-12-10-8-6-2)54-45(52)23-17-13-19-33-49(35-36-50)34-20-14-18-24-46(53)55-40-29-31-47(3)38(37-40)25-26-41-42-27-28-44(51)48(42,4)32-30-43(41)47/h25,39-43,50H,5-24,26-37H2,1-4H3. The van der Waals surface area contributed by atoms with E-state index < -0.39 is 0 Å². The molecule has 0 aromatic rings. The van der Waals surface area contributed by atoms with Crippen LogP contribution in [0.4, 0.5) is 0 Å². The van der Waals surface area contributed by atoms with Gasteiger partial charge in [-0.2, -0.15) is 0 Å². The molecule has 0 aromatic carbocycles. The lowest BCUT2D eigenvalue weighted by atomic mass is 9.48. The van der Waals surface area contributed by atoms with Crippen LogP contribution in [-0.2, 0) is 23.9 Å². The van der Waals surface area contributed by atoms with Gasteiger partial charge in [0.1, 0.15) is 18.0 Å². The summed E-state index contributed by atoms with van der Waals surface area (Å²) in [5, 5.41) is 9.66. The molecule has 0 amide bonds. The number of rotatable bonds is 28. The molecule has 7 nitrogen and oxygen atoms in total. The summed E-state index contributed by atoms with van der Waals surface area (Å²) in [6.45, 7) is 11.9. The Morgan fingerprint density at radius 2 is 1.33 bits per heavy atom. The average molecular weight is 770 g/mol. The van der Waals surface area contributed by atoms with E-state index in [1.807, 2.05) is 0 Å². The SMILES string of the molecule is CCCCCCCC(CCCCCCC)OC(=O)CCCCCN(CCO)CCCCCC(=O)OC1CCC2(C)C(=CCC3C4CCC(=O)C4(C)CCC32)C1. The number of ketones is 1. The van der Waals surface area contributed by atoms with Crippen LogP contribution in [0.25, 0.3) is 0 Å². The third-order valence-corrected chi connectivity index (χ3v) is 14.7. The maximum Gasteiger partial charge on any atom is 0.306 e. The van der Waals surface area contributed by atoms with E-state index in [0.717, 1.165) is 129 Å². The number of carbonyl (C=O) groups is 3. The number of fused-ring (bicyclic) bond motifs is 5. The first-order chi connectivity index (χ1) is 26.6. The van der Waals surface area contributed by atoms with Crippen molar-refractivity contribution in [3.8, 4) is 0 Å². The second-order valence-electron chi connectivity index (χ2n) is 18.7. The van der Waals surface area contributed by atoms with Gasteiger partial charge in [0.25, 0.3) is 0 Å². The first-order valence-electron chi connectivity index (χ1n) is 23.6. The molecule has 0 bridgehead atoms. The maximum atomic E-state index is 12.9. The number of ether oxygens (including phenoxy) is 2. The Balaban J connectivity index is 1.06. The van der Waals surface area contributed by atoms with E-state index in [4.69, 9.17) is 9.47 Å². The molecule has 0 radical (unpaired) electrons. The van der Waals surface area contributed by atoms with Gasteiger partial charge in [-0.05, 0) is 126 Å². The molecule has 0 spiro atoms. The molecule has 3 fully saturated rings. The van der Waals surface area contributed by atoms with Crippen molar-refractivity contribution in [2.24, 2.45) is 28.6 Å². The molecule has 4 rings (SSSR count). The van der Waals surface area contributed by atoms with Crippen molar-refractivity contribution in [3.63, 3.8) is 0 Å². The second kappa shape index (κ2) is 24.3. The molecule has 0 aromatic heterocycles. The predicted octanol–water partition coefficient (Wildman–Crippen LogP) is 11.5. The fourth-order valence-corrected chi connectivity index (χ4v) is 11.2. The molecule has 3 saturated carbocycles. The van der Waals surface area contributed by atoms with Crippen LogP contribution in [0.1, 0.15) is 207 Å². The smallest absolute Gasteiger partial charge is 0.306 e. The second-order valence-corrected chi connectivity index (χ2v) is 18.7. The number of esters is 2. The third kappa shape index (κ3) is 14.0. The Kier molecular flexibility index (Phi) is 20.3. The van der Waals surface area contributed by atoms with Crippen molar-refractivity contribution in [1.82, 2.24) is 4.90 Å². The minimum Gasteiger partial charge on any atom is -0.462 e. The molecule has 0 saturated heterocycles. The Morgan fingerprint density at radius 3 is 1.96 bits per heavy atom. The van der Waals surface area contributed by atoms with Crippen molar-refractivity contribution < 1.29 is 29.0 Å². The zero-order chi connectivity index (χ0) is 39.5. The van der Waals surface area contributed by atoms with Gasteiger partial charge in [-0.3, -0.25) is 14.4 Å². The topological polar surface area (TPSA) is 93.1 Å². The lowest BCUT2D eigenvalue weighted by Gasteiger charge is -2.56. The van der Waals surface area contributed by atoms with Crippen molar-refractivity contribution in [2.45, 2.75) is 220 Å². The van der Waals surface area contributed by atoms with Gasteiger partial charge in [0.2, 0.25) is 0 Å². The number of allylic oxidation sites excluding steroid dienone is 1. The van der Waals surface area contributed by atoms with Gasteiger partial charge in [0.05, 0.1) is 6.61 Å². The van der Waals surface area contributed by atoms with Crippen LogP contribution in [0, 0.1) is 28.6 Å². The maximum absolute atomic E-state index is 12.9. The highest BCUT2D eigenvalue weighted by Gasteiger charge is 2.58. The lowest BCUT2D eigenvalue weighted by Crippen LogP contribution is -2.50. The number of unbranched alkanes of at least 4 members (excludes halogenated alkanes) is 12. The highest BCUT2D eigenvalue weighted by atomic mass is 16.5. The summed E-state index contributed by atoms with van der Waals surface area (Å²) < 4.78 is 12.1. The number of hydrogen-bond donors (Lipinski definition) is 1. The zero-order valence-corrected chi connectivity index (χ0v) is 36.0. The fourth-order valence-electron chi connectivity index (χ4n) is 11.2. The molecule has 316 valence electrons. The number of hydrogen-bond acceptors (Lipinski definition) is 7. The van der Waals surface area contributed by atoms with Gasteiger partial charge in [-0.1, -0.05) is 104 Å². The van der Waals surface area contributed by atoms with Crippen LogP contribution < -0.4 is 0 Å². The molecule has 6 unspecified atom stereocenters. The molecule has 55 heavy (non-hydrogen) atoms. The highest BCUT2D eigenvalue weighted by Crippen LogP contribution is 2.64. The largest absolute Gasteiger partial charge is 0.462 e. The van der Waals surface area contributed by atoms with Crippen molar-refractivity contribution in [3.05, 3.63) is 11.6 Å². The van der Waals surface area contributed by atoms with E-state index in [2.05, 4.69) is 38.7 Å². The Hall–Kier alpha value is -1.73. The number of Topliss-reactive ketones (excluding diaryl/α,β-unsaturated/α-hetero) is 1. The van der Waals surface area contributed by atoms with E-state index in [1.54, 1.807) is 0 Å². The molecule has 0 heterocycles. The van der Waals surface area contributed by atoms with E-state index in [9.17, 15) is 19.5 Å². The van der Waals surface area contributed by atoms with Gasteiger partial charge in [-0.25, -0.2) is 0 Å². The van der Waals surface area contributed by atoms with Crippen molar-refractivity contribution in [2.75, 3.05) is 26.2 Å². The predicted molar refractivity (Wildman–Crippen MR) is 224 cm³/mol. The lowest BCUT2D eigenvalue weighted by molar-refractivity contribution is -0.152. The number of aliphatic hydroxyl groups is 1. The van der Waals surface area contributed by atoms with Crippen LogP contribution in [0.3, 0.4) is 0 Å². The summed E-state index contributed by atoms with van der Waals surface area (Å²) in [6, 6.07) is 0. The monoisotopic (exact) mass is 770 g/mol. The number of aliphatic hydroxyl groups excluding tert-OH is 1. The number of carbonyl (C=O) groups excluding carboxylic acids is 3. The van der Waals surface area contributed by atoms with Crippen LogP contribution in [0.5, 0.6) is 0 Å². The highest BCUT2D eigenvalue weighted by molar-refractivity contribution is 5.87. The fraction of sp³-hybridized carbons (Fsp3) is 0.896.